The number of carbonyl (C=O) groups excluding carboxylic acids is 1. The summed E-state index contributed by atoms with van der Waals surface area (Å²) >= 11 is 0. The average Bonchev–Trinajstić information content (AvgIpc) is 2.29. The topological polar surface area (TPSA) is 113 Å². The van der Waals surface area contributed by atoms with E-state index in [9.17, 15) is 26.0 Å². The quantitative estimate of drug-likeness (QED) is 0.464. The Morgan fingerprint density at radius 1 is 1.35 bits per heavy atom. The minimum Gasteiger partial charge on any atom is -0.464 e. The average molecular weight is 292 g/mol. The molecule has 1 rings (SSSR count). The van der Waals surface area contributed by atoms with Crippen molar-refractivity contribution in [2.75, 3.05) is 13.2 Å². The van der Waals surface area contributed by atoms with Gasteiger partial charge < -0.3 is 4.74 Å². The van der Waals surface area contributed by atoms with Gasteiger partial charge in [-0.25, -0.2) is 13.4 Å². The number of esters is 1. The summed E-state index contributed by atoms with van der Waals surface area (Å²) in [7, 11) is -10.1. The zero-order chi connectivity index (χ0) is 13.3. The smallest absolute Gasteiger partial charge is 0.349 e. The van der Waals surface area contributed by atoms with E-state index < -0.39 is 43.8 Å². The highest BCUT2D eigenvalue weighted by Crippen LogP contribution is 2.22. The summed E-state index contributed by atoms with van der Waals surface area (Å²) in [4.78, 5) is 7.77. The molecule has 0 aromatic heterocycles. The van der Waals surface area contributed by atoms with Crippen LogP contribution < -0.4 is 0 Å². The molecule has 1 aliphatic rings. The van der Waals surface area contributed by atoms with Crippen molar-refractivity contribution in [3.05, 3.63) is 0 Å². The highest BCUT2D eigenvalue weighted by Gasteiger charge is 2.47. The van der Waals surface area contributed by atoms with Gasteiger partial charge in [-0.05, 0) is 6.92 Å². The van der Waals surface area contributed by atoms with Crippen molar-refractivity contribution in [3.63, 3.8) is 0 Å². The van der Waals surface area contributed by atoms with Gasteiger partial charge in [-0.3, -0.25) is 4.18 Å². The van der Waals surface area contributed by atoms with Gasteiger partial charge in [0.05, 0.1) is 6.61 Å². The van der Waals surface area contributed by atoms with Crippen LogP contribution in [0.3, 0.4) is 0 Å². The first kappa shape index (κ1) is 14.3. The molecule has 1 aliphatic heterocycles. The van der Waals surface area contributed by atoms with Crippen LogP contribution in [0.15, 0.2) is 0 Å². The standard InChI is InChI=1S/C6H9FO8S2/c1-2-13-5(8)4-3-14-16(9,10)6(7)17(11,12)15-4/h4,6H,2-3H2,1H3. The van der Waals surface area contributed by atoms with E-state index in [0.717, 1.165) is 0 Å². The van der Waals surface area contributed by atoms with Crippen LogP contribution in [-0.2, 0) is 38.1 Å². The summed E-state index contributed by atoms with van der Waals surface area (Å²) in [5.41, 5.74) is 0. The van der Waals surface area contributed by atoms with E-state index in [1.165, 1.54) is 6.92 Å². The normalized spacial score (nSPS) is 31.4. The third-order valence-corrected chi connectivity index (χ3v) is 4.92. The summed E-state index contributed by atoms with van der Waals surface area (Å²) < 4.78 is 69.6. The van der Waals surface area contributed by atoms with Gasteiger partial charge >= 0.3 is 31.0 Å². The SMILES string of the molecule is CCOC(=O)C1COS(=O)(=O)C(F)S(=O)(=O)O1. The van der Waals surface area contributed by atoms with Crippen molar-refractivity contribution in [2.24, 2.45) is 0 Å². The van der Waals surface area contributed by atoms with Crippen molar-refractivity contribution in [2.45, 2.75) is 17.9 Å². The van der Waals surface area contributed by atoms with E-state index >= 15 is 0 Å². The second-order valence-corrected chi connectivity index (χ2v) is 6.41. The summed E-state index contributed by atoms with van der Waals surface area (Å²) in [6.45, 7) is 0.407. The zero-order valence-electron chi connectivity index (χ0n) is 8.53. The van der Waals surface area contributed by atoms with Crippen LogP contribution in [0.2, 0.25) is 0 Å². The van der Waals surface area contributed by atoms with Crippen molar-refractivity contribution in [3.8, 4) is 0 Å². The lowest BCUT2D eigenvalue weighted by Gasteiger charge is -2.10. The predicted octanol–water partition coefficient (Wildman–Crippen LogP) is -1.12. The summed E-state index contributed by atoms with van der Waals surface area (Å²) in [6, 6.07) is 0. The number of rotatable bonds is 2. The van der Waals surface area contributed by atoms with E-state index in [1.807, 2.05) is 0 Å². The molecular formula is C6H9FO8S2. The van der Waals surface area contributed by atoms with Crippen LogP contribution in [0.25, 0.3) is 0 Å². The number of hydrogen-bond donors (Lipinski definition) is 0. The maximum atomic E-state index is 13.0. The lowest BCUT2D eigenvalue weighted by molar-refractivity contribution is -0.152. The van der Waals surface area contributed by atoms with Crippen molar-refractivity contribution < 1.29 is 39.1 Å². The Kier molecular flexibility index (Phi) is 4.06. The van der Waals surface area contributed by atoms with E-state index in [0.29, 0.717) is 0 Å². The fourth-order valence-electron chi connectivity index (χ4n) is 0.930. The van der Waals surface area contributed by atoms with Gasteiger partial charge in [-0.15, -0.1) is 0 Å². The summed E-state index contributed by atoms with van der Waals surface area (Å²) in [6.07, 6.45) is -1.84. The molecule has 1 saturated heterocycles. The largest absolute Gasteiger partial charge is 0.464 e. The Balaban J connectivity index is 3.02. The maximum absolute atomic E-state index is 13.0. The molecule has 2 atom stereocenters. The number of ether oxygens (including phenoxy) is 1. The van der Waals surface area contributed by atoms with Crippen LogP contribution >= 0.6 is 0 Å². The molecule has 1 fully saturated rings. The Labute approximate surface area is 96.9 Å². The molecule has 0 radical (unpaired) electrons. The van der Waals surface area contributed by atoms with Gasteiger partial charge in [0.25, 0.3) is 0 Å². The molecule has 0 saturated carbocycles. The molecule has 0 bridgehead atoms. The molecule has 100 valence electrons. The third kappa shape index (κ3) is 3.12. The molecule has 0 aliphatic carbocycles. The zero-order valence-corrected chi connectivity index (χ0v) is 10.2. The second kappa shape index (κ2) is 4.84. The van der Waals surface area contributed by atoms with E-state index in [2.05, 4.69) is 13.1 Å². The van der Waals surface area contributed by atoms with E-state index in [-0.39, 0.29) is 6.61 Å². The van der Waals surface area contributed by atoms with Gasteiger partial charge in [0.15, 0.2) is 6.10 Å². The van der Waals surface area contributed by atoms with Crippen molar-refractivity contribution in [1.29, 1.82) is 0 Å². The third-order valence-electron chi connectivity index (χ3n) is 1.64. The fraction of sp³-hybridized carbons (Fsp3) is 0.833. The molecule has 17 heavy (non-hydrogen) atoms. The monoisotopic (exact) mass is 292 g/mol. The number of alkyl halides is 1. The molecule has 0 spiro atoms. The number of hydrogen-bond acceptors (Lipinski definition) is 8. The molecule has 2 unspecified atom stereocenters. The van der Waals surface area contributed by atoms with Crippen LogP contribution in [0.4, 0.5) is 4.39 Å². The van der Waals surface area contributed by atoms with E-state index in [1.54, 1.807) is 0 Å². The van der Waals surface area contributed by atoms with Gasteiger partial charge in [0.1, 0.15) is 6.61 Å². The molecule has 8 nitrogen and oxygen atoms in total. The summed E-state index contributed by atoms with van der Waals surface area (Å²) in [5, 5.41) is 0. The first-order chi connectivity index (χ1) is 7.70. The Morgan fingerprint density at radius 3 is 2.47 bits per heavy atom. The predicted molar refractivity (Wildman–Crippen MR) is 50.2 cm³/mol. The first-order valence-electron chi connectivity index (χ1n) is 4.31. The fourth-order valence-corrected chi connectivity index (χ4v) is 3.35. The lowest BCUT2D eigenvalue weighted by Crippen LogP contribution is -2.32. The Bertz CT molecular complexity index is 494. The Hall–Kier alpha value is -0.780. The van der Waals surface area contributed by atoms with Crippen molar-refractivity contribution in [1.82, 2.24) is 0 Å². The van der Waals surface area contributed by atoms with Crippen LogP contribution in [0.1, 0.15) is 6.92 Å². The summed E-state index contributed by atoms with van der Waals surface area (Å²) in [5.74, 6) is -1.15. The van der Waals surface area contributed by atoms with Gasteiger partial charge in [-0.1, -0.05) is 0 Å². The molecule has 11 heteroatoms. The number of carbonyl (C=O) groups is 1. The van der Waals surface area contributed by atoms with Crippen LogP contribution in [0, 0.1) is 0 Å². The van der Waals surface area contributed by atoms with Crippen LogP contribution in [-0.4, -0.2) is 47.0 Å². The second-order valence-electron chi connectivity index (χ2n) is 2.88. The van der Waals surface area contributed by atoms with Gasteiger partial charge in [-0.2, -0.15) is 16.8 Å². The highest BCUT2D eigenvalue weighted by molar-refractivity contribution is 8.04. The van der Waals surface area contributed by atoms with Gasteiger partial charge in [0, 0.05) is 0 Å². The first-order valence-corrected chi connectivity index (χ1v) is 7.26. The Morgan fingerprint density at radius 2 is 1.94 bits per heavy atom. The molecule has 1 heterocycles. The molecular weight excluding hydrogens is 283 g/mol. The molecule has 0 aromatic carbocycles. The highest BCUT2D eigenvalue weighted by atomic mass is 32.3. The van der Waals surface area contributed by atoms with Crippen LogP contribution in [0.5, 0.6) is 0 Å². The molecule has 0 N–H and O–H groups in total. The molecule has 0 aromatic rings. The van der Waals surface area contributed by atoms with Crippen molar-refractivity contribution >= 4 is 26.2 Å². The minimum absolute atomic E-state index is 0.0788. The lowest BCUT2D eigenvalue weighted by atomic mass is 10.4. The number of halogens is 1. The molecule has 0 amide bonds. The minimum atomic E-state index is -5.10. The maximum Gasteiger partial charge on any atom is 0.349 e. The van der Waals surface area contributed by atoms with E-state index in [4.69, 9.17) is 0 Å². The van der Waals surface area contributed by atoms with Gasteiger partial charge in [0.2, 0.25) is 0 Å².